The number of amides is 1. The van der Waals surface area contributed by atoms with Crippen molar-refractivity contribution >= 4 is 29.0 Å². The second-order valence-electron chi connectivity index (χ2n) is 6.25. The summed E-state index contributed by atoms with van der Waals surface area (Å²) >= 11 is 6.06. The van der Waals surface area contributed by atoms with E-state index in [-0.39, 0.29) is 0 Å². The van der Waals surface area contributed by atoms with Gasteiger partial charge in [-0.25, -0.2) is 0 Å². The first kappa shape index (κ1) is 21.3. The Morgan fingerprint density at radius 1 is 1.14 bits per heavy atom. The van der Waals surface area contributed by atoms with E-state index >= 15 is 0 Å². The van der Waals surface area contributed by atoms with Gasteiger partial charge in [0, 0.05) is 17.0 Å². The van der Waals surface area contributed by atoms with Crippen LogP contribution in [0.25, 0.3) is 0 Å². The van der Waals surface area contributed by atoms with Gasteiger partial charge in [0.2, 0.25) is 5.91 Å². The number of benzene rings is 2. The van der Waals surface area contributed by atoms with Crippen molar-refractivity contribution < 1.29 is 19.1 Å². The van der Waals surface area contributed by atoms with Gasteiger partial charge in [0.05, 0.1) is 26.0 Å². The molecule has 0 aliphatic carbocycles. The Bertz CT molecular complexity index is 919. The highest BCUT2D eigenvalue weighted by molar-refractivity contribution is 6.31. The third-order valence-electron chi connectivity index (χ3n) is 4.46. The number of carbonyl (C=O) groups is 2. The van der Waals surface area contributed by atoms with Crippen LogP contribution >= 0.6 is 11.6 Å². The third-order valence-corrected chi connectivity index (χ3v) is 4.86. The molecule has 1 N–H and O–H groups in total. The first-order valence-electron chi connectivity index (χ1n) is 8.54. The second-order valence-corrected chi connectivity index (χ2v) is 6.66. The summed E-state index contributed by atoms with van der Waals surface area (Å²) in [7, 11) is 2.99. The summed E-state index contributed by atoms with van der Waals surface area (Å²) in [4.78, 5) is 25.4. The number of carbonyl (C=O) groups excluding carboxylic acids is 2. The van der Waals surface area contributed by atoms with Crippen LogP contribution in [0, 0.1) is 24.2 Å². The number of hydrogen-bond donors (Lipinski definition) is 1. The SMILES string of the molecule is COc1ccc(C(C)C(=O)C(C#N)C(=O)Nc2cc(C)c(Cl)cc2OC)cc1. The minimum atomic E-state index is -1.46. The van der Waals surface area contributed by atoms with Crippen LogP contribution in [0.1, 0.15) is 24.0 Å². The van der Waals surface area contributed by atoms with Gasteiger partial charge >= 0.3 is 0 Å². The van der Waals surface area contributed by atoms with Gasteiger partial charge in [-0.3, -0.25) is 9.59 Å². The highest BCUT2D eigenvalue weighted by atomic mass is 35.5. The Balaban J connectivity index is 2.22. The Labute approximate surface area is 169 Å². The monoisotopic (exact) mass is 400 g/mol. The Morgan fingerprint density at radius 2 is 1.79 bits per heavy atom. The van der Waals surface area contributed by atoms with Gasteiger partial charge in [0.25, 0.3) is 0 Å². The lowest BCUT2D eigenvalue weighted by Crippen LogP contribution is -2.31. The van der Waals surface area contributed by atoms with Crippen molar-refractivity contribution in [2.75, 3.05) is 19.5 Å². The van der Waals surface area contributed by atoms with Crippen LogP contribution in [0.3, 0.4) is 0 Å². The molecular formula is C21H21ClN2O4. The van der Waals surface area contributed by atoms with Crippen LogP contribution in [0.15, 0.2) is 36.4 Å². The Kier molecular flexibility index (Phi) is 7.02. The minimum absolute atomic E-state index is 0.344. The number of aryl methyl sites for hydroxylation is 1. The molecular weight excluding hydrogens is 380 g/mol. The molecule has 1 amide bonds. The molecule has 0 heterocycles. The van der Waals surface area contributed by atoms with E-state index in [1.807, 2.05) is 0 Å². The summed E-state index contributed by atoms with van der Waals surface area (Å²) in [6, 6.07) is 11.9. The summed E-state index contributed by atoms with van der Waals surface area (Å²) in [5, 5.41) is 12.5. The maximum Gasteiger partial charge on any atom is 0.249 e. The fourth-order valence-electron chi connectivity index (χ4n) is 2.69. The molecule has 0 aromatic heterocycles. The molecule has 2 aromatic carbocycles. The molecule has 0 saturated heterocycles. The maximum atomic E-state index is 12.8. The lowest BCUT2D eigenvalue weighted by atomic mass is 9.88. The van der Waals surface area contributed by atoms with E-state index < -0.39 is 23.5 Å². The number of nitrogens with zero attached hydrogens (tertiary/aromatic N) is 1. The topological polar surface area (TPSA) is 88.4 Å². The molecule has 6 nitrogen and oxygen atoms in total. The summed E-state index contributed by atoms with van der Waals surface area (Å²) in [5.41, 5.74) is 1.77. The molecule has 0 bridgehead atoms. The number of anilines is 1. The van der Waals surface area contributed by atoms with Gasteiger partial charge in [0.15, 0.2) is 11.7 Å². The first-order chi connectivity index (χ1) is 13.3. The predicted molar refractivity (Wildman–Crippen MR) is 107 cm³/mol. The number of ether oxygens (including phenoxy) is 2. The fourth-order valence-corrected chi connectivity index (χ4v) is 2.85. The zero-order chi connectivity index (χ0) is 20.8. The molecule has 7 heteroatoms. The molecule has 146 valence electrons. The summed E-state index contributed by atoms with van der Waals surface area (Å²) < 4.78 is 10.3. The molecule has 0 aliphatic heterocycles. The molecule has 0 radical (unpaired) electrons. The minimum Gasteiger partial charge on any atom is -0.497 e. The maximum absolute atomic E-state index is 12.8. The van der Waals surface area contributed by atoms with Crippen molar-refractivity contribution in [1.29, 1.82) is 5.26 Å². The Hall–Kier alpha value is -3.04. The van der Waals surface area contributed by atoms with Crippen LogP contribution in [0.2, 0.25) is 5.02 Å². The second kappa shape index (κ2) is 9.25. The van der Waals surface area contributed by atoms with Crippen LogP contribution < -0.4 is 14.8 Å². The van der Waals surface area contributed by atoms with Gasteiger partial charge in [-0.05, 0) is 36.2 Å². The zero-order valence-electron chi connectivity index (χ0n) is 16.1. The van der Waals surface area contributed by atoms with E-state index in [2.05, 4.69) is 5.32 Å². The van der Waals surface area contributed by atoms with Crippen LogP contribution in [0.5, 0.6) is 11.5 Å². The summed E-state index contributed by atoms with van der Waals surface area (Å²) in [6.45, 7) is 3.44. The molecule has 28 heavy (non-hydrogen) atoms. The van der Waals surface area contributed by atoms with Crippen LogP contribution in [-0.2, 0) is 9.59 Å². The number of halogens is 1. The van der Waals surface area contributed by atoms with Gasteiger partial charge in [-0.15, -0.1) is 0 Å². The van der Waals surface area contributed by atoms with Crippen LogP contribution in [0.4, 0.5) is 5.69 Å². The number of ketones is 1. The highest BCUT2D eigenvalue weighted by Gasteiger charge is 2.31. The molecule has 2 atom stereocenters. The number of nitrogens with one attached hydrogen (secondary N) is 1. The lowest BCUT2D eigenvalue weighted by Gasteiger charge is -2.17. The van der Waals surface area contributed by atoms with E-state index in [1.54, 1.807) is 63.4 Å². The van der Waals surface area contributed by atoms with E-state index in [1.165, 1.54) is 7.11 Å². The molecule has 2 rings (SSSR count). The van der Waals surface area contributed by atoms with Crippen molar-refractivity contribution in [3.63, 3.8) is 0 Å². The zero-order valence-corrected chi connectivity index (χ0v) is 16.8. The molecule has 0 saturated carbocycles. The molecule has 2 unspecified atom stereocenters. The average Bonchev–Trinajstić information content (AvgIpc) is 2.70. The van der Waals surface area contributed by atoms with Crippen molar-refractivity contribution in [3.8, 4) is 17.6 Å². The molecule has 0 fully saturated rings. The third kappa shape index (κ3) is 4.62. The van der Waals surface area contributed by atoms with Gasteiger partial charge in [0.1, 0.15) is 11.5 Å². The first-order valence-corrected chi connectivity index (χ1v) is 8.92. The highest BCUT2D eigenvalue weighted by Crippen LogP contribution is 2.31. The van der Waals surface area contributed by atoms with Gasteiger partial charge < -0.3 is 14.8 Å². The number of methoxy groups -OCH3 is 2. The normalized spacial score (nSPS) is 12.4. The number of nitriles is 1. The quantitative estimate of drug-likeness (QED) is 0.706. The van der Waals surface area contributed by atoms with Crippen molar-refractivity contribution in [2.24, 2.45) is 5.92 Å². The van der Waals surface area contributed by atoms with E-state index in [0.717, 1.165) is 5.56 Å². The van der Waals surface area contributed by atoms with Crippen molar-refractivity contribution in [3.05, 3.63) is 52.5 Å². The van der Waals surface area contributed by atoms with E-state index in [9.17, 15) is 14.9 Å². The predicted octanol–water partition coefficient (Wildman–Crippen LogP) is 4.12. The number of rotatable bonds is 7. The average molecular weight is 401 g/mol. The standard InChI is InChI=1S/C21H21ClN2O4/c1-12-9-18(19(28-4)10-17(12)22)24-21(26)16(11-23)20(25)13(2)14-5-7-15(27-3)8-6-14/h5-10,13,16H,1-4H3,(H,24,26). The van der Waals surface area contributed by atoms with E-state index in [4.69, 9.17) is 21.1 Å². The van der Waals surface area contributed by atoms with Crippen molar-refractivity contribution in [2.45, 2.75) is 19.8 Å². The van der Waals surface area contributed by atoms with Gasteiger partial charge in [-0.2, -0.15) is 5.26 Å². The molecule has 2 aromatic rings. The van der Waals surface area contributed by atoms with E-state index in [0.29, 0.717) is 27.8 Å². The molecule has 0 aliphatic rings. The van der Waals surface area contributed by atoms with Gasteiger partial charge in [-0.1, -0.05) is 30.7 Å². The van der Waals surface area contributed by atoms with Crippen molar-refractivity contribution in [1.82, 2.24) is 0 Å². The number of Topliss-reactive ketones (excluding diaryl/α,β-unsaturated/α-hetero) is 1. The lowest BCUT2D eigenvalue weighted by molar-refractivity contribution is -0.129. The van der Waals surface area contributed by atoms with Crippen LogP contribution in [-0.4, -0.2) is 25.9 Å². The summed E-state index contributed by atoms with van der Waals surface area (Å²) in [5.74, 6) is -2.30. The number of hydrogen-bond acceptors (Lipinski definition) is 5. The summed E-state index contributed by atoms with van der Waals surface area (Å²) in [6.07, 6.45) is 0. The smallest absolute Gasteiger partial charge is 0.249 e. The fraction of sp³-hybridized carbons (Fsp3) is 0.286. The molecule has 0 spiro atoms. The Morgan fingerprint density at radius 3 is 2.32 bits per heavy atom. The largest absolute Gasteiger partial charge is 0.497 e.